The average Bonchev–Trinajstić information content (AvgIpc) is 2.34. The van der Waals surface area contributed by atoms with Crippen molar-refractivity contribution in [2.45, 2.75) is 0 Å². The Kier molecular flexibility index (Phi) is 3.49. The maximum Gasteiger partial charge on any atom is 0.405 e. The lowest BCUT2D eigenvalue weighted by atomic mass is 10.2. The summed E-state index contributed by atoms with van der Waals surface area (Å²) in [5, 5.41) is 9.38. The minimum absolute atomic E-state index is 0.271. The first-order valence-corrected chi connectivity index (χ1v) is 5.65. The molecule has 0 aliphatic carbocycles. The van der Waals surface area contributed by atoms with Crippen molar-refractivity contribution in [2.75, 3.05) is 31.2 Å². The minimum Gasteiger partial charge on any atom is -0.378 e. The Labute approximate surface area is 103 Å². The summed E-state index contributed by atoms with van der Waals surface area (Å²) in [6.45, 7) is 2.93. The predicted octanol–water partition coefficient (Wildman–Crippen LogP) is 3.31. The third kappa shape index (κ3) is 2.07. The summed E-state index contributed by atoms with van der Waals surface area (Å²) >= 11 is 12.1. The Morgan fingerprint density at radius 2 is 1.88 bits per heavy atom. The number of rotatable bonds is 1. The van der Waals surface area contributed by atoms with E-state index in [2.05, 4.69) is 9.88 Å². The third-order valence-corrected chi connectivity index (χ3v) is 3.36. The van der Waals surface area contributed by atoms with E-state index in [9.17, 15) is 0 Å². The fourth-order valence-corrected chi connectivity index (χ4v) is 2.13. The summed E-state index contributed by atoms with van der Waals surface area (Å²) in [5.74, 6) is 0. The molecule has 4 nitrogen and oxygen atoms in total. The highest BCUT2D eigenvalue weighted by atomic mass is 35.5. The second-order valence-corrected chi connectivity index (χ2v) is 4.19. The molecule has 1 heterocycles. The molecule has 16 heavy (non-hydrogen) atoms. The molecule has 0 radical (unpaired) electrons. The van der Waals surface area contributed by atoms with Gasteiger partial charge in [0.2, 0.25) is 5.39 Å². The van der Waals surface area contributed by atoms with Gasteiger partial charge in [-0.15, -0.1) is 0 Å². The van der Waals surface area contributed by atoms with Crippen LogP contribution in [0.15, 0.2) is 12.1 Å². The van der Waals surface area contributed by atoms with Crippen molar-refractivity contribution in [3.63, 3.8) is 0 Å². The molecular formula is C10H10Cl2N3O+. The monoisotopic (exact) mass is 258 g/mol. The first-order valence-electron chi connectivity index (χ1n) is 4.90. The summed E-state index contributed by atoms with van der Waals surface area (Å²) in [5.41, 5.74) is 1.13. The van der Waals surface area contributed by atoms with Crippen molar-refractivity contribution in [3.05, 3.63) is 27.2 Å². The van der Waals surface area contributed by atoms with Crippen LogP contribution in [0.3, 0.4) is 0 Å². The Balaban J connectivity index is 2.35. The Morgan fingerprint density at radius 1 is 1.19 bits per heavy atom. The molecule has 1 aromatic rings. The number of anilines is 1. The fourth-order valence-electron chi connectivity index (χ4n) is 1.65. The summed E-state index contributed by atoms with van der Waals surface area (Å²) < 4.78 is 5.26. The van der Waals surface area contributed by atoms with Crippen LogP contribution in [0.5, 0.6) is 0 Å². The molecule has 0 unspecified atom stereocenters. The molecular weight excluding hydrogens is 249 g/mol. The zero-order valence-electron chi connectivity index (χ0n) is 8.49. The number of halogens is 2. The predicted molar refractivity (Wildman–Crippen MR) is 64.2 cm³/mol. The van der Waals surface area contributed by atoms with E-state index in [1.807, 2.05) is 0 Å². The van der Waals surface area contributed by atoms with Gasteiger partial charge < -0.3 is 9.64 Å². The van der Waals surface area contributed by atoms with E-state index in [4.69, 9.17) is 33.3 Å². The van der Waals surface area contributed by atoms with Gasteiger partial charge in [-0.05, 0) is 6.07 Å². The van der Waals surface area contributed by atoms with Crippen molar-refractivity contribution in [2.24, 2.45) is 0 Å². The maximum absolute atomic E-state index is 8.69. The van der Waals surface area contributed by atoms with Crippen molar-refractivity contribution in [1.82, 2.24) is 0 Å². The number of hydrogen-bond acceptors (Lipinski definition) is 3. The van der Waals surface area contributed by atoms with Crippen LogP contribution in [0.4, 0.5) is 11.4 Å². The van der Waals surface area contributed by atoms with E-state index in [0.29, 0.717) is 18.2 Å². The Morgan fingerprint density at radius 3 is 2.50 bits per heavy atom. The molecule has 0 amide bonds. The van der Waals surface area contributed by atoms with Gasteiger partial charge in [-0.3, -0.25) is 0 Å². The summed E-state index contributed by atoms with van der Waals surface area (Å²) in [6.07, 6.45) is 0. The molecule has 0 N–H and O–H groups in total. The fraction of sp³-hybridized carbons (Fsp3) is 0.400. The van der Waals surface area contributed by atoms with Crippen LogP contribution in [-0.2, 0) is 4.74 Å². The van der Waals surface area contributed by atoms with E-state index in [1.54, 1.807) is 12.1 Å². The zero-order valence-corrected chi connectivity index (χ0v) is 10.0. The van der Waals surface area contributed by atoms with Crippen LogP contribution in [0, 0.1) is 5.39 Å². The smallest absolute Gasteiger partial charge is 0.378 e. The van der Waals surface area contributed by atoms with Gasteiger partial charge >= 0.3 is 5.69 Å². The zero-order chi connectivity index (χ0) is 11.5. The molecule has 84 valence electrons. The number of diazo groups is 1. The van der Waals surface area contributed by atoms with Gasteiger partial charge in [0.1, 0.15) is 0 Å². The highest BCUT2D eigenvalue weighted by Gasteiger charge is 2.22. The molecule has 0 spiro atoms. The third-order valence-electron chi connectivity index (χ3n) is 2.50. The highest BCUT2D eigenvalue weighted by Crippen LogP contribution is 2.39. The highest BCUT2D eigenvalue weighted by molar-refractivity contribution is 6.45. The van der Waals surface area contributed by atoms with E-state index >= 15 is 0 Å². The van der Waals surface area contributed by atoms with Crippen molar-refractivity contribution in [3.8, 4) is 0 Å². The normalized spacial score (nSPS) is 15.9. The molecule has 0 saturated carbocycles. The first-order chi connectivity index (χ1) is 7.74. The minimum atomic E-state index is 0.271. The summed E-state index contributed by atoms with van der Waals surface area (Å²) in [7, 11) is 0. The van der Waals surface area contributed by atoms with Crippen LogP contribution in [0.1, 0.15) is 0 Å². The van der Waals surface area contributed by atoms with Gasteiger partial charge in [0.15, 0.2) is 10.00 Å². The standard InChI is InChI=1S/C10H10Cl2N3O/c11-9-7(14-13)1-2-8(10(9)12)15-3-5-16-6-4-15/h1-2H,3-6H2/q+1. The van der Waals surface area contributed by atoms with Gasteiger partial charge in [-0.2, -0.15) is 0 Å². The van der Waals surface area contributed by atoms with E-state index < -0.39 is 0 Å². The number of morpholine rings is 1. The number of ether oxygens (including phenoxy) is 1. The lowest BCUT2D eigenvalue weighted by Gasteiger charge is -2.29. The SMILES string of the molecule is N#[N+]c1ccc(N2CCOCC2)c(Cl)c1Cl. The average molecular weight is 259 g/mol. The second kappa shape index (κ2) is 4.88. The molecule has 2 rings (SSSR count). The maximum atomic E-state index is 8.69. The Bertz CT molecular complexity index is 438. The summed E-state index contributed by atoms with van der Waals surface area (Å²) in [4.78, 5) is 5.15. The number of benzene rings is 1. The van der Waals surface area contributed by atoms with Gasteiger partial charge in [-0.25, -0.2) is 0 Å². The first kappa shape index (κ1) is 11.5. The van der Waals surface area contributed by atoms with Gasteiger partial charge in [0.05, 0.1) is 23.9 Å². The van der Waals surface area contributed by atoms with Crippen molar-refractivity contribution < 1.29 is 4.74 Å². The molecule has 1 fully saturated rings. The molecule has 1 aliphatic heterocycles. The molecule has 1 saturated heterocycles. The van der Waals surface area contributed by atoms with Crippen molar-refractivity contribution >= 4 is 34.6 Å². The van der Waals surface area contributed by atoms with Gasteiger partial charge in [0.25, 0.3) is 0 Å². The van der Waals surface area contributed by atoms with E-state index in [1.165, 1.54) is 0 Å². The molecule has 1 aliphatic rings. The topological polar surface area (TPSA) is 40.6 Å². The van der Waals surface area contributed by atoms with Crippen LogP contribution in [-0.4, -0.2) is 26.3 Å². The summed E-state index contributed by atoms with van der Waals surface area (Å²) in [6, 6.07) is 3.44. The largest absolute Gasteiger partial charge is 0.405 e. The van der Waals surface area contributed by atoms with E-state index in [-0.39, 0.29) is 10.7 Å². The van der Waals surface area contributed by atoms with Gasteiger partial charge in [0, 0.05) is 19.2 Å². The van der Waals surface area contributed by atoms with Crippen molar-refractivity contribution in [1.29, 1.82) is 5.39 Å². The van der Waals surface area contributed by atoms with Crippen LogP contribution in [0.25, 0.3) is 4.98 Å². The second-order valence-electron chi connectivity index (χ2n) is 3.43. The lowest BCUT2D eigenvalue weighted by Crippen LogP contribution is -2.36. The molecule has 0 aromatic heterocycles. The molecule has 0 bridgehead atoms. The molecule has 1 aromatic carbocycles. The molecule has 0 atom stereocenters. The quantitative estimate of drug-likeness (QED) is 0.726. The van der Waals surface area contributed by atoms with Crippen LogP contribution in [0.2, 0.25) is 10.0 Å². The van der Waals surface area contributed by atoms with Crippen LogP contribution >= 0.6 is 23.2 Å². The number of hydrogen-bond donors (Lipinski definition) is 0. The Hall–Kier alpha value is -1.02. The van der Waals surface area contributed by atoms with Gasteiger partial charge in [-0.1, -0.05) is 23.2 Å². The molecule has 6 heteroatoms. The number of nitrogens with zero attached hydrogens (tertiary/aromatic N) is 3. The van der Waals surface area contributed by atoms with Crippen LogP contribution < -0.4 is 4.90 Å². The van der Waals surface area contributed by atoms with E-state index in [0.717, 1.165) is 18.8 Å². The lowest BCUT2D eigenvalue weighted by molar-refractivity contribution is 0.122.